The minimum absolute atomic E-state index is 0.0364. The first kappa shape index (κ1) is 22.6. The van der Waals surface area contributed by atoms with E-state index in [1.54, 1.807) is 24.3 Å². The van der Waals surface area contributed by atoms with Crippen molar-refractivity contribution < 1.29 is 19.2 Å². The maximum atomic E-state index is 12.9. The van der Waals surface area contributed by atoms with Crippen LogP contribution in [0.15, 0.2) is 77.7 Å². The molecule has 1 aliphatic rings. The van der Waals surface area contributed by atoms with Gasteiger partial charge in [0, 0.05) is 22.7 Å². The van der Waals surface area contributed by atoms with Gasteiger partial charge in [0.25, 0.3) is 16.8 Å². The molecule has 166 valence electrons. The number of ether oxygens (including phenoxy) is 1. The van der Waals surface area contributed by atoms with Gasteiger partial charge in [0.05, 0.1) is 16.4 Å². The highest BCUT2D eigenvalue weighted by Gasteiger charge is 2.35. The minimum Gasteiger partial charge on any atom is -0.488 e. The number of carbonyl (C=O) groups is 2. The van der Waals surface area contributed by atoms with Gasteiger partial charge >= 0.3 is 0 Å². The van der Waals surface area contributed by atoms with Crippen molar-refractivity contribution in [1.82, 2.24) is 4.90 Å². The standard InChI is InChI=1S/C24H17ClN2O5S/c25-19-9-5-17(6-10-19)15-32-21-4-2-1-3-18(21)13-22-23(28)26(24(29)33-22)14-16-7-11-20(12-8-16)27(30)31/h1-13H,14-15H2/b22-13+. The molecule has 2 amide bonds. The molecule has 0 radical (unpaired) electrons. The Kier molecular flexibility index (Phi) is 6.76. The monoisotopic (exact) mass is 480 g/mol. The van der Waals surface area contributed by atoms with Crippen molar-refractivity contribution in [3.8, 4) is 5.75 Å². The fraction of sp³-hybridized carbons (Fsp3) is 0.0833. The van der Waals surface area contributed by atoms with Gasteiger partial charge in [-0.2, -0.15) is 0 Å². The summed E-state index contributed by atoms with van der Waals surface area (Å²) in [4.78, 5) is 37.0. The van der Waals surface area contributed by atoms with E-state index in [2.05, 4.69) is 0 Å². The molecule has 0 aromatic heterocycles. The minimum atomic E-state index is -0.501. The van der Waals surface area contributed by atoms with Crippen molar-refractivity contribution in [2.24, 2.45) is 0 Å². The third kappa shape index (κ3) is 5.42. The summed E-state index contributed by atoms with van der Waals surface area (Å²) in [7, 11) is 0. The summed E-state index contributed by atoms with van der Waals surface area (Å²) in [6.07, 6.45) is 1.64. The number of halogens is 1. The smallest absolute Gasteiger partial charge is 0.293 e. The predicted octanol–water partition coefficient (Wildman–Crippen LogP) is 6.06. The van der Waals surface area contributed by atoms with Crippen LogP contribution in [-0.4, -0.2) is 21.0 Å². The van der Waals surface area contributed by atoms with Crippen LogP contribution >= 0.6 is 23.4 Å². The Bertz CT molecular complexity index is 1240. The number of nitro benzene ring substituents is 1. The number of nitrogens with zero attached hydrogens (tertiary/aromatic N) is 2. The fourth-order valence-electron chi connectivity index (χ4n) is 3.16. The molecule has 9 heteroatoms. The van der Waals surface area contributed by atoms with E-state index in [-0.39, 0.29) is 17.1 Å². The lowest BCUT2D eigenvalue weighted by Gasteiger charge is -2.12. The zero-order valence-corrected chi connectivity index (χ0v) is 18.7. The SMILES string of the molecule is O=C1S/C(=C/c2ccccc2OCc2ccc(Cl)cc2)C(=O)N1Cc1ccc([N+](=O)[O-])cc1. The van der Waals surface area contributed by atoms with Crippen LogP contribution in [0, 0.1) is 10.1 Å². The summed E-state index contributed by atoms with van der Waals surface area (Å²) in [6, 6.07) is 20.3. The molecule has 0 atom stereocenters. The van der Waals surface area contributed by atoms with Crippen LogP contribution in [0.4, 0.5) is 10.5 Å². The molecule has 0 saturated carbocycles. The first-order valence-corrected chi connectivity index (χ1v) is 11.0. The van der Waals surface area contributed by atoms with Gasteiger partial charge < -0.3 is 4.74 Å². The summed E-state index contributed by atoms with van der Waals surface area (Å²) in [5, 5.41) is 11.0. The first-order chi connectivity index (χ1) is 15.9. The summed E-state index contributed by atoms with van der Waals surface area (Å²) in [5.74, 6) is 0.158. The lowest BCUT2D eigenvalue weighted by Crippen LogP contribution is -2.27. The second-order valence-electron chi connectivity index (χ2n) is 7.14. The molecule has 0 spiro atoms. The number of nitro groups is 1. The second-order valence-corrected chi connectivity index (χ2v) is 8.57. The van der Waals surface area contributed by atoms with E-state index in [9.17, 15) is 19.7 Å². The Morgan fingerprint density at radius 1 is 0.970 bits per heavy atom. The van der Waals surface area contributed by atoms with Crippen LogP contribution in [0.5, 0.6) is 5.75 Å². The topological polar surface area (TPSA) is 89.8 Å². The van der Waals surface area contributed by atoms with E-state index in [0.717, 1.165) is 22.2 Å². The highest BCUT2D eigenvalue weighted by atomic mass is 35.5. The fourth-order valence-corrected chi connectivity index (χ4v) is 4.11. The van der Waals surface area contributed by atoms with Gasteiger partial charge in [-0.1, -0.05) is 54.1 Å². The van der Waals surface area contributed by atoms with E-state index >= 15 is 0 Å². The quantitative estimate of drug-likeness (QED) is 0.232. The van der Waals surface area contributed by atoms with E-state index < -0.39 is 16.1 Å². The average Bonchev–Trinajstić information content (AvgIpc) is 3.07. The molecule has 33 heavy (non-hydrogen) atoms. The van der Waals surface area contributed by atoms with Crippen LogP contribution in [-0.2, 0) is 17.9 Å². The highest BCUT2D eigenvalue weighted by Crippen LogP contribution is 2.35. The number of imide groups is 1. The van der Waals surface area contributed by atoms with E-state index in [4.69, 9.17) is 16.3 Å². The van der Waals surface area contributed by atoms with E-state index in [1.807, 2.05) is 30.3 Å². The maximum Gasteiger partial charge on any atom is 0.293 e. The largest absolute Gasteiger partial charge is 0.488 e. The van der Waals surface area contributed by atoms with Crippen LogP contribution in [0.3, 0.4) is 0 Å². The van der Waals surface area contributed by atoms with Crippen LogP contribution in [0.1, 0.15) is 16.7 Å². The van der Waals surface area contributed by atoms with Gasteiger partial charge in [-0.05, 0) is 47.2 Å². The van der Waals surface area contributed by atoms with Crippen molar-refractivity contribution in [1.29, 1.82) is 0 Å². The van der Waals surface area contributed by atoms with Crippen LogP contribution in [0.2, 0.25) is 5.02 Å². The number of hydrogen-bond donors (Lipinski definition) is 0. The number of hydrogen-bond acceptors (Lipinski definition) is 6. The van der Waals surface area contributed by atoms with Crippen LogP contribution < -0.4 is 4.74 Å². The molecular formula is C24H17ClN2O5S. The predicted molar refractivity (Wildman–Crippen MR) is 127 cm³/mol. The van der Waals surface area contributed by atoms with Gasteiger partial charge in [-0.15, -0.1) is 0 Å². The van der Waals surface area contributed by atoms with Crippen molar-refractivity contribution in [2.45, 2.75) is 13.2 Å². The molecule has 1 heterocycles. The van der Waals surface area contributed by atoms with Gasteiger partial charge in [-0.25, -0.2) is 0 Å². The molecule has 3 aromatic carbocycles. The van der Waals surface area contributed by atoms with Crippen molar-refractivity contribution >= 4 is 46.3 Å². The number of para-hydroxylation sites is 1. The number of benzene rings is 3. The van der Waals surface area contributed by atoms with Crippen LogP contribution in [0.25, 0.3) is 6.08 Å². The Balaban J connectivity index is 1.49. The molecule has 0 bridgehead atoms. The zero-order chi connectivity index (χ0) is 23.4. The first-order valence-electron chi connectivity index (χ1n) is 9.86. The summed E-state index contributed by atoms with van der Waals surface area (Å²) in [5.41, 5.74) is 2.18. The molecule has 0 aliphatic carbocycles. The normalized spacial score (nSPS) is 14.7. The lowest BCUT2D eigenvalue weighted by atomic mass is 10.1. The Hall–Kier alpha value is -3.62. The summed E-state index contributed by atoms with van der Waals surface area (Å²) in [6.45, 7) is 0.359. The Morgan fingerprint density at radius 2 is 1.64 bits per heavy atom. The molecule has 1 saturated heterocycles. The Labute approximate surface area is 198 Å². The summed E-state index contributed by atoms with van der Waals surface area (Å²) < 4.78 is 5.93. The van der Waals surface area contributed by atoms with Crippen molar-refractivity contribution in [2.75, 3.05) is 0 Å². The number of non-ortho nitro benzene ring substituents is 1. The average molecular weight is 481 g/mol. The molecule has 3 aromatic rings. The van der Waals surface area contributed by atoms with Crippen molar-refractivity contribution in [3.63, 3.8) is 0 Å². The van der Waals surface area contributed by atoms with Gasteiger partial charge in [0.15, 0.2) is 0 Å². The maximum absolute atomic E-state index is 12.9. The number of thioether (sulfide) groups is 1. The highest BCUT2D eigenvalue weighted by molar-refractivity contribution is 8.18. The van der Waals surface area contributed by atoms with E-state index in [0.29, 0.717) is 28.5 Å². The molecule has 4 rings (SSSR count). The van der Waals surface area contributed by atoms with Gasteiger partial charge in [0.2, 0.25) is 0 Å². The summed E-state index contributed by atoms with van der Waals surface area (Å²) >= 11 is 6.76. The third-order valence-electron chi connectivity index (χ3n) is 4.87. The molecule has 1 aliphatic heterocycles. The van der Waals surface area contributed by atoms with Gasteiger partial charge in [0.1, 0.15) is 12.4 Å². The molecule has 0 unspecified atom stereocenters. The molecule has 1 fully saturated rings. The third-order valence-corrected chi connectivity index (χ3v) is 6.03. The number of amides is 2. The Morgan fingerprint density at radius 3 is 2.33 bits per heavy atom. The van der Waals surface area contributed by atoms with Gasteiger partial charge in [-0.3, -0.25) is 24.6 Å². The van der Waals surface area contributed by atoms with Crippen molar-refractivity contribution in [3.05, 3.63) is 110 Å². The molecule has 0 N–H and O–H groups in total. The number of carbonyl (C=O) groups excluding carboxylic acids is 2. The zero-order valence-electron chi connectivity index (χ0n) is 17.1. The van der Waals surface area contributed by atoms with E-state index in [1.165, 1.54) is 24.3 Å². The molecule has 7 nitrogen and oxygen atoms in total. The molecular weight excluding hydrogens is 464 g/mol. The number of rotatable bonds is 7. The lowest BCUT2D eigenvalue weighted by molar-refractivity contribution is -0.384. The second kappa shape index (κ2) is 9.89.